The summed E-state index contributed by atoms with van der Waals surface area (Å²) < 4.78 is 24.8. The maximum Gasteiger partial charge on any atom is 0.165 e. The van der Waals surface area contributed by atoms with Crippen LogP contribution in [0.15, 0.2) is 12.1 Å². The predicted molar refractivity (Wildman–Crippen MR) is 145 cm³/mol. The first-order chi connectivity index (χ1) is 16.8. The van der Waals surface area contributed by atoms with Crippen LogP contribution >= 0.6 is 0 Å². The summed E-state index contributed by atoms with van der Waals surface area (Å²) in [5.41, 5.74) is 0. The van der Waals surface area contributed by atoms with E-state index in [2.05, 4.69) is 27.7 Å². The summed E-state index contributed by atoms with van der Waals surface area (Å²) in [6, 6.07) is 4.00. The molecule has 0 aromatic heterocycles. The van der Waals surface area contributed by atoms with Gasteiger partial charge in [0.05, 0.1) is 26.4 Å². The Morgan fingerprint density at radius 2 is 0.588 bits per heavy atom. The van der Waals surface area contributed by atoms with Gasteiger partial charge in [-0.3, -0.25) is 0 Å². The van der Waals surface area contributed by atoms with Crippen molar-refractivity contribution in [3.8, 4) is 23.0 Å². The van der Waals surface area contributed by atoms with Crippen LogP contribution in [-0.2, 0) is 0 Å². The van der Waals surface area contributed by atoms with E-state index in [9.17, 15) is 0 Å². The van der Waals surface area contributed by atoms with Crippen LogP contribution < -0.4 is 18.9 Å². The molecule has 0 atom stereocenters. The second-order valence-electron chi connectivity index (χ2n) is 9.38. The Morgan fingerprint density at radius 3 is 0.794 bits per heavy atom. The second-order valence-corrected chi connectivity index (χ2v) is 9.38. The zero-order valence-corrected chi connectivity index (χ0v) is 22.9. The van der Waals surface area contributed by atoms with Gasteiger partial charge in [-0.25, -0.2) is 0 Å². The molecule has 198 valence electrons. The van der Waals surface area contributed by atoms with Gasteiger partial charge in [0.25, 0.3) is 0 Å². The molecule has 1 aromatic carbocycles. The third-order valence-corrected chi connectivity index (χ3v) is 6.03. The van der Waals surface area contributed by atoms with Gasteiger partial charge in [-0.1, -0.05) is 105 Å². The number of benzene rings is 1. The first-order valence-corrected chi connectivity index (χ1v) is 14.5. The first-order valence-electron chi connectivity index (χ1n) is 14.5. The van der Waals surface area contributed by atoms with Gasteiger partial charge in [0.1, 0.15) is 0 Å². The minimum Gasteiger partial charge on any atom is -0.490 e. The van der Waals surface area contributed by atoms with Gasteiger partial charge in [-0.05, 0) is 25.7 Å². The van der Waals surface area contributed by atoms with Crippen molar-refractivity contribution >= 4 is 0 Å². The van der Waals surface area contributed by atoms with Crippen molar-refractivity contribution in [2.75, 3.05) is 26.4 Å². The molecule has 0 aliphatic heterocycles. The van der Waals surface area contributed by atoms with Crippen molar-refractivity contribution in [2.24, 2.45) is 0 Å². The molecule has 1 rings (SSSR count). The summed E-state index contributed by atoms with van der Waals surface area (Å²) in [6.45, 7) is 11.8. The molecule has 0 unspecified atom stereocenters. The molecule has 0 aliphatic carbocycles. The average Bonchev–Trinajstić information content (AvgIpc) is 2.84. The molecule has 0 heterocycles. The lowest BCUT2D eigenvalue weighted by atomic mass is 10.2. The van der Waals surface area contributed by atoms with E-state index in [0.717, 1.165) is 48.7 Å². The van der Waals surface area contributed by atoms with Crippen LogP contribution in [0.3, 0.4) is 0 Å². The Morgan fingerprint density at radius 1 is 0.353 bits per heavy atom. The molecule has 0 spiro atoms. The lowest BCUT2D eigenvalue weighted by molar-refractivity contribution is 0.239. The van der Waals surface area contributed by atoms with Gasteiger partial charge in [0.15, 0.2) is 23.0 Å². The third kappa shape index (κ3) is 14.6. The topological polar surface area (TPSA) is 36.9 Å². The Kier molecular flexibility index (Phi) is 19.6. The fraction of sp³-hybridized carbons (Fsp3) is 0.800. The molecular weight excluding hydrogens is 424 g/mol. The maximum absolute atomic E-state index is 6.20. The molecule has 0 N–H and O–H groups in total. The summed E-state index contributed by atoms with van der Waals surface area (Å²) in [7, 11) is 0. The molecule has 1 aromatic rings. The molecule has 0 fully saturated rings. The van der Waals surface area contributed by atoms with Crippen LogP contribution in [-0.4, -0.2) is 26.4 Å². The van der Waals surface area contributed by atoms with Gasteiger partial charge in [-0.15, -0.1) is 0 Å². The molecule has 34 heavy (non-hydrogen) atoms. The largest absolute Gasteiger partial charge is 0.490 e. The van der Waals surface area contributed by atoms with Crippen molar-refractivity contribution in [2.45, 2.75) is 130 Å². The lowest BCUT2D eigenvalue weighted by Gasteiger charge is -2.18. The number of ether oxygens (including phenoxy) is 4. The Balaban J connectivity index is 2.89. The van der Waals surface area contributed by atoms with E-state index in [1.54, 1.807) is 0 Å². The second kappa shape index (κ2) is 21.9. The normalized spacial score (nSPS) is 10.9. The van der Waals surface area contributed by atoms with E-state index in [1.807, 2.05) is 12.1 Å². The van der Waals surface area contributed by atoms with Crippen LogP contribution in [0.5, 0.6) is 23.0 Å². The summed E-state index contributed by atoms with van der Waals surface area (Å²) in [5.74, 6) is 3.14. The molecule has 4 nitrogen and oxygen atoms in total. The minimum atomic E-state index is 0.708. The summed E-state index contributed by atoms with van der Waals surface area (Å²) in [5, 5.41) is 0. The smallest absolute Gasteiger partial charge is 0.165 e. The van der Waals surface area contributed by atoms with E-state index in [4.69, 9.17) is 18.9 Å². The highest BCUT2D eigenvalue weighted by Crippen LogP contribution is 2.40. The maximum atomic E-state index is 6.20. The minimum absolute atomic E-state index is 0.708. The Hall–Kier alpha value is -1.58. The van der Waals surface area contributed by atoms with Gasteiger partial charge < -0.3 is 18.9 Å². The average molecular weight is 479 g/mol. The third-order valence-electron chi connectivity index (χ3n) is 6.03. The van der Waals surface area contributed by atoms with Crippen molar-refractivity contribution in [3.05, 3.63) is 12.1 Å². The van der Waals surface area contributed by atoms with Crippen LogP contribution in [0.4, 0.5) is 0 Å². The number of hydrogen-bond donors (Lipinski definition) is 0. The molecule has 0 radical (unpaired) electrons. The predicted octanol–water partition coefficient (Wildman–Crippen LogP) is 9.52. The molecule has 0 amide bonds. The Labute approximate surface area is 211 Å². The zero-order valence-electron chi connectivity index (χ0n) is 22.9. The van der Waals surface area contributed by atoms with Crippen molar-refractivity contribution in [1.82, 2.24) is 0 Å². The zero-order chi connectivity index (χ0) is 24.7. The summed E-state index contributed by atoms with van der Waals surface area (Å²) >= 11 is 0. The number of rotatable bonds is 24. The standard InChI is InChI=1S/C30H54O4/c1-5-9-13-17-21-31-27-25-29(33-23-19-15-11-7-3)30(34-24-20-16-12-8-4)26-28(27)32-22-18-14-10-6-2/h25-26H,5-24H2,1-4H3. The van der Waals surface area contributed by atoms with Crippen LogP contribution in [0, 0.1) is 0 Å². The number of hydrogen-bond acceptors (Lipinski definition) is 4. The molecule has 0 aliphatic rings. The SMILES string of the molecule is CCCCCCOc1cc(OCCCCCC)c(OCCCCCC)cc1OCCCCCC. The Bertz CT molecular complexity index is 489. The van der Waals surface area contributed by atoms with Crippen LogP contribution in [0.1, 0.15) is 130 Å². The molecule has 0 bridgehead atoms. The monoisotopic (exact) mass is 478 g/mol. The van der Waals surface area contributed by atoms with Gasteiger partial charge in [-0.2, -0.15) is 0 Å². The van der Waals surface area contributed by atoms with Crippen LogP contribution in [0.2, 0.25) is 0 Å². The summed E-state index contributed by atoms with van der Waals surface area (Å²) in [4.78, 5) is 0. The fourth-order valence-electron chi connectivity index (χ4n) is 3.82. The van der Waals surface area contributed by atoms with Crippen LogP contribution in [0.25, 0.3) is 0 Å². The van der Waals surface area contributed by atoms with Gasteiger partial charge in [0.2, 0.25) is 0 Å². The van der Waals surface area contributed by atoms with E-state index >= 15 is 0 Å². The highest BCUT2D eigenvalue weighted by atomic mass is 16.5. The van der Waals surface area contributed by atoms with Crippen molar-refractivity contribution in [3.63, 3.8) is 0 Å². The van der Waals surface area contributed by atoms with E-state index in [-0.39, 0.29) is 0 Å². The fourth-order valence-corrected chi connectivity index (χ4v) is 3.82. The van der Waals surface area contributed by atoms with Gasteiger partial charge >= 0.3 is 0 Å². The number of unbranched alkanes of at least 4 members (excludes halogenated alkanes) is 12. The van der Waals surface area contributed by atoms with Gasteiger partial charge in [0, 0.05) is 12.1 Å². The molecule has 4 heteroatoms. The van der Waals surface area contributed by atoms with E-state index in [1.165, 1.54) is 77.0 Å². The molecular formula is C30H54O4. The highest BCUT2D eigenvalue weighted by Gasteiger charge is 2.15. The van der Waals surface area contributed by atoms with E-state index < -0.39 is 0 Å². The van der Waals surface area contributed by atoms with Crippen molar-refractivity contribution < 1.29 is 18.9 Å². The lowest BCUT2D eigenvalue weighted by Crippen LogP contribution is -2.07. The molecule has 0 saturated carbocycles. The quantitative estimate of drug-likeness (QED) is 0.139. The van der Waals surface area contributed by atoms with Crippen molar-refractivity contribution in [1.29, 1.82) is 0 Å². The molecule has 0 saturated heterocycles. The van der Waals surface area contributed by atoms with E-state index in [0.29, 0.717) is 26.4 Å². The summed E-state index contributed by atoms with van der Waals surface area (Å²) in [6.07, 6.45) is 19.0. The first kappa shape index (κ1) is 30.5. The highest BCUT2D eigenvalue weighted by molar-refractivity contribution is 5.54.